The number of rotatable bonds is 10. The number of hydrogen-bond acceptors (Lipinski definition) is 5. The minimum absolute atomic E-state index is 0.0830. The summed E-state index contributed by atoms with van der Waals surface area (Å²) in [6.07, 6.45) is 1.33. The number of benzene rings is 2. The van der Waals surface area contributed by atoms with E-state index in [1.165, 1.54) is 21.9 Å². The molecule has 0 saturated heterocycles. The van der Waals surface area contributed by atoms with Crippen LogP contribution in [0, 0.1) is 5.82 Å². The minimum Gasteiger partial charge on any atom is -0.491 e. The van der Waals surface area contributed by atoms with Crippen molar-refractivity contribution in [2.24, 2.45) is 0 Å². The van der Waals surface area contributed by atoms with Crippen LogP contribution < -0.4 is 4.74 Å². The molecule has 2 amide bonds. The fraction of sp³-hybridized carbons (Fsp3) is 0.333. The van der Waals surface area contributed by atoms with E-state index in [0.717, 1.165) is 12.0 Å². The van der Waals surface area contributed by atoms with Crippen molar-refractivity contribution >= 4 is 34.8 Å². The van der Waals surface area contributed by atoms with Crippen LogP contribution in [-0.4, -0.2) is 61.6 Å². The van der Waals surface area contributed by atoms with Crippen molar-refractivity contribution in [1.82, 2.24) is 9.80 Å². The molecule has 6 nitrogen and oxygen atoms in total. The SMILES string of the molecule is COCCCN(CC(=O)N1CCc2sccc2C1COc1ccc(F)cc1)C(=O)c1ccccc1Cl. The van der Waals surface area contributed by atoms with Crippen molar-refractivity contribution in [3.05, 3.63) is 86.8 Å². The summed E-state index contributed by atoms with van der Waals surface area (Å²) in [6.45, 7) is 1.49. The normalized spacial score (nSPS) is 14.9. The number of carbonyl (C=O) groups excluding carboxylic acids is 2. The second-order valence-electron chi connectivity index (χ2n) is 8.47. The van der Waals surface area contributed by atoms with Gasteiger partial charge >= 0.3 is 0 Å². The van der Waals surface area contributed by atoms with Crippen LogP contribution in [-0.2, 0) is 16.0 Å². The summed E-state index contributed by atoms with van der Waals surface area (Å²) in [5.74, 6) is -0.273. The van der Waals surface area contributed by atoms with E-state index in [-0.39, 0.29) is 36.8 Å². The fourth-order valence-corrected chi connectivity index (χ4v) is 5.44. The smallest absolute Gasteiger partial charge is 0.255 e. The van der Waals surface area contributed by atoms with Gasteiger partial charge < -0.3 is 19.3 Å². The van der Waals surface area contributed by atoms with Crippen molar-refractivity contribution in [3.63, 3.8) is 0 Å². The Kier molecular flexibility index (Phi) is 8.96. The van der Waals surface area contributed by atoms with Gasteiger partial charge in [-0.15, -0.1) is 11.3 Å². The van der Waals surface area contributed by atoms with E-state index in [4.69, 9.17) is 21.1 Å². The summed E-state index contributed by atoms with van der Waals surface area (Å²) in [5, 5.41) is 2.36. The van der Waals surface area contributed by atoms with Gasteiger partial charge in [-0.2, -0.15) is 0 Å². The molecule has 2 aromatic carbocycles. The number of nitrogens with zero attached hydrogens (tertiary/aromatic N) is 2. The quantitative estimate of drug-likeness (QED) is 0.337. The molecule has 3 aromatic rings. The topological polar surface area (TPSA) is 59.1 Å². The molecule has 1 atom stereocenters. The van der Waals surface area contributed by atoms with Gasteiger partial charge in [0.1, 0.15) is 24.7 Å². The lowest BCUT2D eigenvalue weighted by atomic mass is 10.0. The van der Waals surface area contributed by atoms with Gasteiger partial charge in [0.25, 0.3) is 5.91 Å². The van der Waals surface area contributed by atoms with Crippen LogP contribution in [0.4, 0.5) is 4.39 Å². The zero-order valence-corrected chi connectivity index (χ0v) is 21.6. The van der Waals surface area contributed by atoms with E-state index < -0.39 is 0 Å². The van der Waals surface area contributed by atoms with Gasteiger partial charge in [0.2, 0.25) is 5.91 Å². The summed E-state index contributed by atoms with van der Waals surface area (Å²) in [6, 6.07) is 14.4. The molecule has 0 aliphatic carbocycles. The first-order valence-corrected chi connectivity index (χ1v) is 13.0. The molecular formula is C27H28ClFN2O4S. The maximum atomic E-state index is 13.6. The number of hydrogen-bond donors (Lipinski definition) is 0. The Morgan fingerprint density at radius 3 is 2.69 bits per heavy atom. The van der Waals surface area contributed by atoms with Gasteiger partial charge in [-0.25, -0.2) is 4.39 Å². The predicted molar refractivity (Wildman–Crippen MR) is 138 cm³/mol. The molecule has 4 rings (SSSR count). The molecule has 0 spiro atoms. The molecular weight excluding hydrogens is 503 g/mol. The number of methoxy groups -OCH3 is 1. The van der Waals surface area contributed by atoms with E-state index in [2.05, 4.69) is 0 Å². The summed E-state index contributed by atoms with van der Waals surface area (Å²) in [7, 11) is 1.60. The molecule has 0 bridgehead atoms. The monoisotopic (exact) mass is 530 g/mol. The lowest BCUT2D eigenvalue weighted by molar-refractivity contribution is -0.135. The van der Waals surface area contributed by atoms with E-state index in [0.29, 0.717) is 42.5 Å². The van der Waals surface area contributed by atoms with Crippen LogP contribution in [0.1, 0.15) is 33.3 Å². The van der Waals surface area contributed by atoms with E-state index in [1.807, 2.05) is 11.4 Å². The first kappa shape index (κ1) is 26.1. The Morgan fingerprint density at radius 1 is 1.17 bits per heavy atom. The maximum absolute atomic E-state index is 13.6. The molecule has 1 aliphatic heterocycles. The number of ether oxygens (including phenoxy) is 2. The summed E-state index contributed by atoms with van der Waals surface area (Å²) < 4.78 is 24.4. The Morgan fingerprint density at radius 2 is 1.94 bits per heavy atom. The Balaban J connectivity index is 1.52. The molecule has 2 heterocycles. The van der Waals surface area contributed by atoms with Crippen LogP contribution in [0.15, 0.2) is 60.0 Å². The standard InChI is InChI=1S/C27H28ClFN2O4S/c1-34-15-4-13-30(27(33)21-5-2-3-6-23(21)28)17-26(32)31-14-11-25-22(12-16-36-25)24(31)18-35-20-9-7-19(29)8-10-20/h2-3,5-10,12,16,24H,4,11,13-15,17-18H2,1H3. The van der Waals surface area contributed by atoms with E-state index >= 15 is 0 Å². The minimum atomic E-state index is -0.339. The summed E-state index contributed by atoms with van der Waals surface area (Å²) in [4.78, 5) is 31.5. The first-order valence-electron chi connectivity index (χ1n) is 11.7. The van der Waals surface area contributed by atoms with Crippen molar-refractivity contribution < 1.29 is 23.5 Å². The number of fused-ring (bicyclic) bond motifs is 1. The van der Waals surface area contributed by atoms with Crippen LogP contribution in [0.25, 0.3) is 0 Å². The predicted octanol–water partition coefficient (Wildman–Crippen LogP) is 5.22. The van der Waals surface area contributed by atoms with Crippen LogP contribution in [0.3, 0.4) is 0 Å². The van der Waals surface area contributed by atoms with Gasteiger partial charge in [-0.05, 0) is 66.2 Å². The van der Waals surface area contributed by atoms with Crippen molar-refractivity contribution in [1.29, 1.82) is 0 Å². The lowest BCUT2D eigenvalue weighted by Gasteiger charge is -2.37. The number of carbonyl (C=O) groups is 2. The molecule has 9 heteroatoms. The van der Waals surface area contributed by atoms with E-state index in [9.17, 15) is 14.0 Å². The molecule has 1 aromatic heterocycles. The average Bonchev–Trinajstić information content (AvgIpc) is 3.37. The van der Waals surface area contributed by atoms with Crippen molar-refractivity contribution in [2.45, 2.75) is 18.9 Å². The largest absolute Gasteiger partial charge is 0.491 e. The third-order valence-corrected chi connectivity index (χ3v) is 7.46. The number of amides is 2. The Hall–Kier alpha value is -2.94. The van der Waals surface area contributed by atoms with Crippen molar-refractivity contribution in [3.8, 4) is 5.75 Å². The lowest BCUT2D eigenvalue weighted by Crippen LogP contribution is -2.48. The number of halogens is 2. The Labute approximate surface area is 219 Å². The van der Waals surface area contributed by atoms with Crippen LogP contribution >= 0.6 is 22.9 Å². The molecule has 190 valence electrons. The highest BCUT2D eigenvalue weighted by Crippen LogP contribution is 2.34. The molecule has 1 unspecified atom stereocenters. The second-order valence-corrected chi connectivity index (χ2v) is 9.88. The van der Waals surface area contributed by atoms with Gasteiger partial charge in [0, 0.05) is 31.7 Å². The van der Waals surface area contributed by atoms with Crippen molar-refractivity contribution in [2.75, 3.05) is 40.0 Å². The van der Waals surface area contributed by atoms with Crippen LogP contribution in [0.2, 0.25) is 5.02 Å². The molecule has 0 N–H and O–H groups in total. The van der Waals surface area contributed by atoms with Gasteiger partial charge in [-0.3, -0.25) is 9.59 Å². The first-order chi connectivity index (χ1) is 17.5. The third-order valence-electron chi connectivity index (χ3n) is 6.13. The summed E-state index contributed by atoms with van der Waals surface area (Å²) in [5.41, 5.74) is 1.41. The highest BCUT2D eigenvalue weighted by Gasteiger charge is 2.33. The molecule has 0 fully saturated rings. The van der Waals surface area contributed by atoms with Gasteiger partial charge in [0.05, 0.1) is 16.6 Å². The third kappa shape index (κ3) is 6.24. The zero-order valence-electron chi connectivity index (χ0n) is 20.0. The highest BCUT2D eigenvalue weighted by molar-refractivity contribution is 7.10. The van der Waals surface area contributed by atoms with E-state index in [1.54, 1.807) is 59.7 Å². The average molecular weight is 531 g/mol. The van der Waals surface area contributed by atoms with Gasteiger partial charge in [-0.1, -0.05) is 23.7 Å². The van der Waals surface area contributed by atoms with Gasteiger partial charge in [0.15, 0.2) is 0 Å². The fourth-order valence-electron chi connectivity index (χ4n) is 4.29. The highest BCUT2D eigenvalue weighted by atomic mass is 35.5. The maximum Gasteiger partial charge on any atom is 0.255 e. The number of thiophene rings is 1. The molecule has 0 saturated carbocycles. The summed E-state index contributed by atoms with van der Waals surface area (Å²) >= 11 is 7.94. The molecule has 1 aliphatic rings. The molecule has 0 radical (unpaired) electrons. The van der Waals surface area contributed by atoms with Crippen LogP contribution in [0.5, 0.6) is 5.75 Å². The Bertz CT molecular complexity index is 1190. The second kappa shape index (κ2) is 12.3. The molecule has 36 heavy (non-hydrogen) atoms. The zero-order chi connectivity index (χ0) is 25.5.